The van der Waals surface area contributed by atoms with Gasteiger partial charge >= 0.3 is 5.97 Å². The zero-order valence-electron chi connectivity index (χ0n) is 21.7. The Kier molecular flexibility index (Phi) is 7.18. The van der Waals surface area contributed by atoms with Crippen molar-refractivity contribution in [3.05, 3.63) is 87.3 Å². The predicted molar refractivity (Wildman–Crippen MR) is 144 cm³/mol. The van der Waals surface area contributed by atoms with Gasteiger partial charge in [0, 0.05) is 23.5 Å². The highest BCUT2D eigenvalue weighted by atomic mass is 32.1. The van der Waals surface area contributed by atoms with E-state index in [2.05, 4.69) is 10.3 Å². The van der Waals surface area contributed by atoms with Gasteiger partial charge < -0.3 is 14.8 Å². The van der Waals surface area contributed by atoms with Crippen LogP contribution in [-0.2, 0) is 22.7 Å². The third-order valence-corrected chi connectivity index (χ3v) is 7.57. The molecule has 9 nitrogen and oxygen atoms in total. The number of fused-ring (bicyclic) bond motifs is 2. The molecule has 2 amide bonds. The molecule has 3 heterocycles. The lowest BCUT2D eigenvalue weighted by molar-refractivity contribution is 0.00634. The number of nitrogens with one attached hydrogen (secondary N) is 1. The van der Waals surface area contributed by atoms with Crippen LogP contribution in [0, 0.1) is 0 Å². The lowest BCUT2D eigenvalue weighted by Gasteiger charge is -2.32. The third kappa shape index (κ3) is 5.27. The predicted octanol–water partition coefficient (Wildman–Crippen LogP) is 4.43. The smallest absolute Gasteiger partial charge is 0.343 e. The molecule has 200 valence electrons. The van der Waals surface area contributed by atoms with Crippen LogP contribution in [0.25, 0.3) is 0 Å². The SMILES string of the molecule is CC(C)(C)OC(=O)c1c(OCc2ccccc2)sc2c1C(N=C=O)C(CN1C(=O)c3ccccc3C1=O)NC2. The standard InChI is InChI=1S/C29H27N3O6S/c1-29(2,3)38-27(36)23-22-21(39-28(23)37-15-17-9-5-4-6-10-17)13-30-20(24(22)31-16-33)14-32-25(34)18-11-7-8-12-19(18)26(32)35/h4-12,20,24,30H,13-15H2,1-3H3. The first-order valence-electron chi connectivity index (χ1n) is 12.5. The number of rotatable bonds is 7. The van der Waals surface area contributed by atoms with Crippen molar-refractivity contribution >= 4 is 35.2 Å². The first kappa shape index (κ1) is 26.5. The molecular weight excluding hydrogens is 518 g/mol. The number of hydrogen-bond donors (Lipinski definition) is 1. The number of benzene rings is 2. The highest BCUT2D eigenvalue weighted by Crippen LogP contribution is 2.45. The molecule has 0 saturated heterocycles. The fourth-order valence-electron chi connectivity index (χ4n) is 4.77. The number of amides is 2. The molecule has 0 radical (unpaired) electrons. The molecule has 1 N–H and O–H groups in total. The quantitative estimate of drug-likeness (QED) is 0.202. The Morgan fingerprint density at radius 2 is 1.72 bits per heavy atom. The Hall–Kier alpha value is -4.11. The van der Waals surface area contributed by atoms with Crippen molar-refractivity contribution in [2.24, 2.45) is 4.99 Å². The van der Waals surface area contributed by atoms with Crippen LogP contribution < -0.4 is 10.1 Å². The molecule has 0 aliphatic carbocycles. The van der Waals surface area contributed by atoms with E-state index in [9.17, 15) is 19.2 Å². The summed E-state index contributed by atoms with van der Waals surface area (Å²) in [6, 6.07) is 14.6. The van der Waals surface area contributed by atoms with Crippen LogP contribution in [-0.4, -0.2) is 47.0 Å². The van der Waals surface area contributed by atoms with Gasteiger partial charge in [0.05, 0.1) is 17.2 Å². The summed E-state index contributed by atoms with van der Waals surface area (Å²) >= 11 is 1.28. The molecule has 0 fully saturated rings. The lowest BCUT2D eigenvalue weighted by atomic mass is 9.92. The Bertz CT molecular complexity index is 1450. The maximum absolute atomic E-state index is 13.5. The molecule has 2 aliphatic rings. The van der Waals surface area contributed by atoms with Gasteiger partial charge in [0.15, 0.2) is 5.06 Å². The van der Waals surface area contributed by atoms with E-state index in [0.29, 0.717) is 28.3 Å². The first-order chi connectivity index (χ1) is 18.7. The second-order valence-electron chi connectivity index (χ2n) is 10.3. The largest absolute Gasteiger partial charge is 0.478 e. The van der Waals surface area contributed by atoms with Crippen LogP contribution in [0.5, 0.6) is 5.06 Å². The van der Waals surface area contributed by atoms with E-state index in [1.54, 1.807) is 51.1 Å². The zero-order valence-corrected chi connectivity index (χ0v) is 22.5. The molecule has 0 bridgehead atoms. The maximum atomic E-state index is 13.5. The number of imide groups is 1. The van der Waals surface area contributed by atoms with Crippen molar-refractivity contribution in [3.8, 4) is 5.06 Å². The number of carbonyl (C=O) groups excluding carboxylic acids is 4. The highest BCUT2D eigenvalue weighted by Gasteiger charge is 2.43. The normalized spacial score (nSPS) is 18.3. The molecule has 1 aromatic heterocycles. The Labute approximate surface area is 229 Å². The average molecular weight is 546 g/mol. The number of nitrogens with zero attached hydrogens (tertiary/aromatic N) is 2. The molecule has 5 rings (SSSR count). The monoisotopic (exact) mass is 545 g/mol. The van der Waals surface area contributed by atoms with Gasteiger partial charge in [0.1, 0.15) is 23.8 Å². The van der Waals surface area contributed by atoms with Crippen molar-refractivity contribution in [1.29, 1.82) is 0 Å². The summed E-state index contributed by atoms with van der Waals surface area (Å²) in [6.07, 6.45) is 1.61. The number of carbonyl (C=O) groups is 3. The Balaban J connectivity index is 1.50. The fourth-order valence-corrected chi connectivity index (χ4v) is 5.90. The summed E-state index contributed by atoms with van der Waals surface area (Å²) in [6.45, 7) is 5.80. The molecule has 2 atom stereocenters. The van der Waals surface area contributed by atoms with Crippen molar-refractivity contribution in [3.63, 3.8) is 0 Å². The van der Waals surface area contributed by atoms with Crippen LogP contribution in [0.15, 0.2) is 59.6 Å². The molecular formula is C29H27N3O6S. The van der Waals surface area contributed by atoms with Gasteiger partial charge in [0.2, 0.25) is 6.08 Å². The number of ether oxygens (including phenoxy) is 2. The van der Waals surface area contributed by atoms with Gasteiger partial charge in [-0.3, -0.25) is 14.5 Å². The molecule has 0 spiro atoms. The van der Waals surface area contributed by atoms with Gasteiger partial charge in [0.25, 0.3) is 11.8 Å². The first-order valence-corrected chi connectivity index (χ1v) is 13.3. The van der Waals surface area contributed by atoms with Crippen molar-refractivity contribution in [2.45, 2.75) is 51.6 Å². The van der Waals surface area contributed by atoms with E-state index in [1.165, 1.54) is 11.3 Å². The second-order valence-corrected chi connectivity index (χ2v) is 11.4. The summed E-state index contributed by atoms with van der Waals surface area (Å²) in [7, 11) is 0. The van der Waals surface area contributed by atoms with Crippen LogP contribution in [0.4, 0.5) is 0 Å². The van der Waals surface area contributed by atoms with E-state index in [0.717, 1.165) is 15.3 Å². The lowest BCUT2D eigenvalue weighted by Crippen LogP contribution is -2.48. The Morgan fingerprint density at radius 3 is 2.33 bits per heavy atom. The van der Waals surface area contributed by atoms with E-state index in [-0.39, 0.29) is 18.7 Å². The maximum Gasteiger partial charge on any atom is 0.343 e. The number of esters is 1. The summed E-state index contributed by atoms with van der Waals surface area (Å²) in [4.78, 5) is 57.1. The summed E-state index contributed by atoms with van der Waals surface area (Å²) in [5.41, 5.74) is 1.48. The molecule has 2 aromatic carbocycles. The van der Waals surface area contributed by atoms with E-state index >= 15 is 0 Å². The summed E-state index contributed by atoms with van der Waals surface area (Å²) in [5.74, 6) is -1.43. The van der Waals surface area contributed by atoms with Crippen LogP contribution in [0.1, 0.15) is 73.9 Å². The minimum absolute atomic E-state index is 0.0502. The van der Waals surface area contributed by atoms with Crippen molar-refractivity contribution in [2.75, 3.05) is 6.54 Å². The number of hydrogen-bond acceptors (Lipinski definition) is 9. The van der Waals surface area contributed by atoms with Crippen molar-refractivity contribution < 1.29 is 28.7 Å². The molecule has 3 aromatic rings. The van der Waals surface area contributed by atoms with E-state index < -0.39 is 35.5 Å². The fraction of sp³-hybridized carbons (Fsp3) is 0.310. The molecule has 0 saturated carbocycles. The molecule has 2 unspecified atom stereocenters. The number of isocyanates is 1. The minimum Gasteiger partial charge on any atom is -0.478 e. The topological polar surface area (TPSA) is 114 Å². The van der Waals surface area contributed by atoms with E-state index in [4.69, 9.17) is 9.47 Å². The minimum atomic E-state index is -0.900. The van der Waals surface area contributed by atoms with Crippen LogP contribution in [0.2, 0.25) is 0 Å². The van der Waals surface area contributed by atoms with Crippen LogP contribution in [0.3, 0.4) is 0 Å². The highest BCUT2D eigenvalue weighted by molar-refractivity contribution is 7.14. The van der Waals surface area contributed by atoms with Gasteiger partial charge in [-0.1, -0.05) is 42.5 Å². The average Bonchev–Trinajstić information content (AvgIpc) is 3.40. The Morgan fingerprint density at radius 1 is 1.08 bits per heavy atom. The van der Waals surface area contributed by atoms with Gasteiger partial charge in [-0.2, -0.15) is 4.99 Å². The van der Waals surface area contributed by atoms with Crippen molar-refractivity contribution in [1.82, 2.24) is 10.2 Å². The molecule has 39 heavy (non-hydrogen) atoms. The summed E-state index contributed by atoms with van der Waals surface area (Å²) < 4.78 is 11.8. The summed E-state index contributed by atoms with van der Waals surface area (Å²) in [5, 5.41) is 3.64. The zero-order chi connectivity index (χ0) is 27.7. The van der Waals surface area contributed by atoms with Gasteiger partial charge in [-0.05, 0) is 38.5 Å². The van der Waals surface area contributed by atoms with E-state index in [1.807, 2.05) is 30.3 Å². The number of thiophene rings is 1. The second kappa shape index (κ2) is 10.6. The number of aliphatic imine (C=N–C) groups is 1. The van der Waals surface area contributed by atoms with Crippen LogP contribution >= 0.6 is 11.3 Å². The van der Waals surface area contributed by atoms with Gasteiger partial charge in [-0.15, -0.1) is 11.3 Å². The van der Waals surface area contributed by atoms with Gasteiger partial charge in [-0.25, -0.2) is 9.59 Å². The third-order valence-electron chi connectivity index (χ3n) is 6.46. The molecule has 10 heteroatoms. The molecule has 2 aliphatic heterocycles.